The number of carbonyl (C=O) groups excluding carboxylic acids is 1. The maximum Gasteiger partial charge on any atom is 0.227 e. The molecule has 2 aromatic rings. The molecule has 0 bridgehead atoms. The van der Waals surface area contributed by atoms with E-state index in [4.69, 9.17) is 4.42 Å². The molecule has 27 heavy (non-hydrogen) atoms. The van der Waals surface area contributed by atoms with E-state index in [2.05, 4.69) is 45.0 Å². The highest BCUT2D eigenvalue weighted by Crippen LogP contribution is 2.22. The molecule has 3 heterocycles. The number of nitrogens with zero attached hydrogens (tertiary/aromatic N) is 3. The highest BCUT2D eigenvalue weighted by atomic mass is 16.3. The van der Waals surface area contributed by atoms with E-state index in [9.17, 15) is 4.79 Å². The van der Waals surface area contributed by atoms with E-state index in [0.717, 1.165) is 70.8 Å². The average Bonchev–Trinajstić information content (AvgIpc) is 3.10. The van der Waals surface area contributed by atoms with Crippen molar-refractivity contribution in [2.24, 2.45) is 5.92 Å². The summed E-state index contributed by atoms with van der Waals surface area (Å²) in [5.41, 5.74) is 1.26. The maximum absolute atomic E-state index is 13.2. The molecule has 1 atom stereocenters. The molecule has 2 fully saturated rings. The van der Waals surface area contributed by atoms with E-state index >= 15 is 0 Å². The van der Waals surface area contributed by atoms with Crippen LogP contribution >= 0.6 is 0 Å². The molecule has 5 nitrogen and oxygen atoms in total. The number of hydrogen-bond donors (Lipinski definition) is 0. The number of anilines is 1. The summed E-state index contributed by atoms with van der Waals surface area (Å²) < 4.78 is 5.48. The lowest BCUT2D eigenvalue weighted by molar-refractivity contribution is -0.137. The van der Waals surface area contributed by atoms with Gasteiger partial charge in [0.05, 0.1) is 18.7 Å². The zero-order chi connectivity index (χ0) is 18.5. The van der Waals surface area contributed by atoms with Gasteiger partial charge in [0.2, 0.25) is 5.91 Å². The summed E-state index contributed by atoms with van der Waals surface area (Å²) in [4.78, 5) is 20.0. The Balaban J connectivity index is 1.33. The third kappa shape index (κ3) is 4.53. The van der Waals surface area contributed by atoms with Gasteiger partial charge in [-0.3, -0.25) is 9.69 Å². The van der Waals surface area contributed by atoms with Crippen LogP contribution in [-0.2, 0) is 11.3 Å². The van der Waals surface area contributed by atoms with Crippen LogP contribution in [0.25, 0.3) is 0 Å². The Morgan fingerprint density at radius 1 is 0.963 bits per heavy atom. The number of likely N-dealkylation sites (tertiary alicyclic amines) is 1. The van der Waals surface area contributed by atoms with E-state index in [1.165, 1.54) is 5.69 Å². The summed E-state index contributed by atoms with van der Waals surface area (Å²) in [6.45, 7) is 6.32. The minimum atomic E-state index is 0.122. The van der Waals surface area contributed by atoms with Crippen LogP contribution in [0.3, 0.4) is 0 Å². The van der Waals surface area contributed by atoms with Crippen molar-refractivity contribution in [1.82, 2.24) is 9.80 Å². The van der Waals surface area contributed by atoms with Crippen LogP contribution in [0.15, 0.2) is 53.1 Å². The van der Waals surface area contributed by atoms with Gasteiger partial charge in [-0.2, -0.15) is 0 Å². The summed E-state index contributed by atoms with van der Waals surface area (Å²) in [5.74, 6) is 1.45. The quantitative estimate of drug-likeness (QED) is 0.832. The number of rotatable bonds is 4. The van der Waals surface area contributed by atoms with Crippen LogP contribution in [0, 0.1) is 5.92 Å². The Kier molecular flexibility index (Phi) is 5.78. The monoisotopic (exact) mass is 367 g/mol. The predicted octanol–water partition coefficient (Wildman–Crippen LogP) is 3.23. The number of carbonyl (C=O) groups is 1. The van der Waals surface area contributed by atoms with E-state index in [1.54, 1.807) is 6.26 Å². The molecule has 0 aliphatic carbocycles. The van der Waals surface area contributed by atoms with E-state index in [1.807, 2.05) is 12.1 Å². The van der Waals surface area contributed by atoms with Gasteiger partial charge in [0, 0.05) is 38.4 Å². The molecule has 2 saturated heterocycles. The molecule has 144 valence electrons. The van der Waals surface area contributed by atoms with E-state index in [0.29, 0.717) is 5.91 Å². The number of benzene rings is 1. The van der Waals surface area contributed by atoms with Gasteiger partial charge >= 0.3 is 0 Å². The molecule has 1 amide bonds. The molecule has 5 heteroatoms. The Morgan fingerprint density at radius 3 is 2.67 bits per heavy atom. The van der Waals surface area contributed by atoms with Gasteiger partial charge < -0.3 is 14.2 Å². The first-order valence-corrected chi connectivity index (χ1v) is 10.1. The SMILES string of the molecule is O=C([C@@H]1CCCN(Cc2ccco2)C1)N1CCCN(c2ccccc2)CC1. The fraction of sp³-hybridized carbons (Fsp3) is 0.500. The summed E-state index contributed by atoms with van der Waals surface area (Å²) in [6.07, 6.45) is 4.84. The lowest BCUT2D eigenvalue weighted by atomic mass is 9.96. The second kappa shape index (κ2) is 8.61. The molecule has 0 radical (unpaired) electrons. The van der Waals surface area contributed by atoms with Gasteiger partial charge in [-0.1, -0.05) is 18.2 Å². The molecule has 0 spiro atoms. The van der Waals surface area contributed by atoms with Crippen LogP contribution in [0.2, 0.25) is 0 Å². The molecular weight excluding hydrogens is 338 g/mol. The molecule has 0 N–H and O–H groups in total. The summed E-state index contributed by atoms with van der Waals surface area (Å²) in [7, 11) is 0. The standard InChI is InChI=1S/C22H29N3O2/c26-22(19-7-4-11-23(17-19)18-21-10-5-16-27-21)25-13-6-12-24(14-15-25)20-8-2-1-3-9-20/h1-3,5,8-10,16,19H,4,6-7,11-15,17-18H2/t19-/m1/s1. The summed E-state index contributed by atoms with van der Waals surface area (Å²) >= 11 is 0. The average molecular weight is 367 g/mol. The highest BCUT2D eigenvalue weighted by Gasteiger charge is 2.30. The van der Waals surface area contributed by atoms with Crippen molar-refractivity contribution in [1.29, 1.82) is 0 Å². The first kappa shape index (κ1) is 18.1. The number of furan rings is 1. The largest absolute Gasteiger partial charge is 0.468 e. The first-order chi connectivity index (χ1) is 13.3. The number of para-hydroxylation sites is 1. The Bertz CT molecular complexity index is 716. The molecule has 2 aliphatic heterocycles. The molecule has 1 aromatic carbocycles. The topological polar surface area (TPSA) is 39.9 Å². The Labute approximate surface area is 161 Å². The molecule has 0 saturated carbocycles. The third-order valence-corrected chi connectivity index (χ3v) is 5.74. The van der Waals surface area contributed by atoms with Crippen molar-refractivity contribution in [3.05, 3.63) is 54.5 Å². The smallest absolute Gasteiger partial charge is 0.227 e. The summed E-state index contributed by atoms with van der Waals surface area (Å²) in [5, 5.41) is 0. The van der Waals surface area contributed by atoms with Crippen molar-refractivity contribution in [2.75, 3.05) is 44.2 Å². The lowest BCUT2D eigenvalue weighted by Gasteiger charge is -2.34. The fourth-order valence-electron chi connectivity index (χ4n) is 4.32. The van der Waals surface area contributed by atoms with Crippen LogP contribution in [0.5, 0.6) is 0 Å². The normalized spacial score (nSPS) is 21.9. The zero-order valence-corrected chi connectivity index (χ0v) is 15.9. The molecule has 2 aliphatic rings. The lowest BCUT2D eigenvalue weighted by Crippen LogP contribution is -2.45. The van der Waals surface area contributed by atoms with Crippen molar-refractivity contribution in [3.8, 4) is 0 Å². The van der Waals surface area contributed by atoms with Gasteiger partial charge in [0.15, 0.2) is 0 Å². The molecule has 0 unspecified atom stereocenters. The number of amides is 1. The first-order valence-electron chi connectivity index (χ1n) is 10.1. The minimum absolute atomic E-state index is 0.122. The molecular formula is C22H29N3O2. The van der Waals surface area contributed by atoms with Crippen molar-refractivity contribution >= 4 is 11.6 Å². The Hall–Kier alpha value is -2.27. The van der Waals surface area contributed by atoms with Gasteiger partial charge in [0.1, 0.15) is 5.76 Å². The Morgan fingerprint density at radius 2 is 1.85 bits per heavy atom. The van der Waals surface area contributed by atoms with Crippen LogP contribution in [0.1, 0.15) is 25.0 Å². The second-order valence-electron chi connectivity index (χ2n) is 7.66. The second-order valence-corrected chi connectivity index (χ2v) is 7.66. The van der Waals surface area contributed by atoms with Gasteiger partial charge in [-0.15, -0.1) is 0 Å². The number of piperidine rings is 1. The fourth-order valence-corrected chi connectivity index (χ4v) is 4.32. The van der Waals surface area contributed by atoms with Crippen molar-refractivity contribution < 1.29 is 9.21 Å². The van der Waals surface area contributed by atoms with Gasteiger partial charge in [0.25, 0.3) is 0 Å². The summed E-state index contributed by atoms with van der Waals surface area (Å²) in [6, 6.07) is 14.5. The van der Waals surface area contributed by atoms with Gasteiger partial charge in [-0.05, 0) is 50.1 Å². The predicted molar refractivity (Wildman–Crippen MR) is 107 cm³/mol. The minimum Gasteiger partial charge on any atom is -0.468 e. The number of hydrogen-bond acceptors (Lipinski definition) is 4. The van der Waals surface area contributed by atoms with Gasteiger partial charge in [-0.25, -0.2) is 0 Å². The van der Waals surface area contributed by atoms with Crippen LogP contribution in [0.4, 0.5) is 5.69 Å². The van der Waals surface area contributed by atoms with E-state index in [-0.39, 0.29) is 5.92 Å². The van der Waals surface area contributed by atoms with Crippen molar-refractivity contribution in [3.63, 3.8) is 0 Å². The third-order valence-electron chi connectivity index (χ3n) is 5.74. The zero-order valence-electron chi connectivity index (χ0n) is 15.9. The molecule has 1 aromatic heterocycles. The molecule has 4 rings (SSSR count). The van der Waals surface area contributed by atoms with Crippen molar-refractivity contribution in [2.45, 2.75) is 25.8 Å². The maximum atomic E-state index is 13.2. The highest BCUT2D eigenvalue weighted by molar-refractivity contribution is 5.79. The van der Waals surface area contributed by atoms with Crippen LogP contribution in [-0.4, -0.2) is 55.0 Å². The van der Waals surface area contributed by atoms with E-state index < -0.39 is 0 Å². The van der Waals surface area contributed by atoms with Crippen LogP contribution < -0.4 is 4.90 Å².